The van der Waals surface area contributed by atoms with Crippen molar-refractivity contribution in [2.45, 2.75) is 0 Å². The van der Waals surface area contributed by atoms with E-state index in [1.54, 1.807) is 0 Å². The molecule has 4 aromatic heterocycles. The molecule has 0 N–H and O–H groups in total. The average Bonchev–Trinajstić information content (AvgIpc) is 3.84. The molecule has 0 aliphatic heterocycles. The molecule has 0 bridgehead atoms. The minimum Gasteiger partial charge on any atom is -0.456 e. The van der Waals surface area contributed by atoms with Crippen molar-refractivity contribution in [1.29, 1.82) is 0 Å². The van der Waals surface area contributed by atoms with Gasteiger partial charge in [-0.25, -0.2) is 9.97 Å². The molecule has 0 saturated carbocycles. The van der Waals surface area contributed by atoms with Gasteiger partial charge in [-0.2, -0.15) is 0 Å². The van der Waals surface area contributed by atoms with E-state index in [9.17, 15) is 0 Å². The molecule has 0 radical (unpaired) electrons. The van der Waals surface area contributed by atoms with Crippen molar-refractivity contribution in [2.75, 3.05) is 0 Å². The number of furan rings is 2. The Hall–Kier alpha value is -7.63. The Balaban J connectivity index is 1.15. The molecule has 5 heteroatoms. The van der Waals surface area contributed by atoms with E-state index >= 15 is 0 Å². The second-order valence-corrected chi connectivity index (χ2v) is 14.0. The number of pyridine rings is 1. The Morgan fingerprint density at radius 2 is 0.821 bits per heavy atom. The number of hydrogen-bond donors (Lipinski definition) is 0. The van der Waals surface area contributed by atoms with Gasteiger partial charge < -0.3 is 8.83 Å². The first kappa shape index (κ1) is 31.9. The highest BCUT2D eigenvalue weighted by Gasteiger charge is 2.17. The van der Waals surface area contributed by atoms with Gasteiger partial charge in [0.05, 0.1) is 11.4 Å². The molecule has 7 aromatic carbocycles. The van der Waals surface area contributed by atoms with Gasteiger partial charge in [0.15, 0.2) is 5.82 Å². The van der Waals surface area contributed by atoms with Crippen molar-refractivity contribution in [1.82, 2.24) is 15.0 Å². The van der Waals surface area contributed by atoms with E-state index in [1.807, 2.05) is 67.0 Å². The molecule has 0 aliphatic rings. The van der Waals surface area contributed by atoms with Crippen molar-refractivity contribution in [3.8, 4) is 67.3 Å². The minimum absolute atomic E-state index is 0.659. The van der Waals surface area contributed by atoms with Crippen molar-refractivity contribution < 1.29 is 8.83 Å². The van der Waals surface area contributed by atoms with Gasteiger partial charge in [-0.1, -0.05) is 103 Å². The molecule has 0 amide bonds. The summed E-state index contributed by atoms with van der Waals surface area (Å²) < 4.78 is 12.4. The Morgan fingerprint density at radius 1 is 0.304 bits per heavy atom. The zero-order valence-corrected chi connectivity index (χ0v) is 30.1. The fourth-order valence-corrected chi connectivity index (χ4v) is 7.86. The van der Waals surface area contributed by atoms with Crippen molar-refractivity contribution >= 4 is 43.9 Å². The normalized spacial score (nSPS) is 11.6. The maximum Gasteiger partial charge on any atom is 0.160 e. The molecule has 11 aromatic rings. The smallest absolute Gasteiger partial charge is 0.160 e. The van der Waals surface area contributed by atoms with Crippen LogP contribution in [0, 0.1) is 0 Å². The molecule has 4 heterocycles. The van der Waals surface area contributed by atoms with E-state index in [0.717, 1.165) is 105 Å². The van der Waals surface area contributed by atoms with Gasteiger partial charge in [-0.15, -0.1) is 0 Å². The number of aromatic nitrogens is 3. The lowest BCUT2D eigenvalue weighted by atomic mass is 9.93. The molecular formula is C51H31N3O2. The van der Waals surface area contributed by atoms with Crippen LogP contribution in [0.25, 0.3) is 111 Å². The molecular weight excluding hydrogens is 687 g/mol. The van der Waals surface area contributed by atoms with Crippen LogP contribution in [0.1, 0.15) is 0 Å². The molecule has 5 nitrogen and oxygen atoms in total. The van der Waals surface area contributed by atoms with Crippen LogP contribution in [-0.4, -0.2) is 15.0 Å². The molecule has 0 aliphatic carbocycles. The fourth-order valence-electron chi connectivity index (χ4n) is 7.86. The van der Waals surface area contributed by atoms with Crippen molar-refractivity contribution in [3.63, 3.8) is 0 Å². The largest absolute Gasteiger partial charge is 0.456 e. The SMILES string of the molecule is c1ccc(-c2nc(-c3cc(-c4ccc5oc6ccccc6c5c4)cc(-c4ccc5oc6ccccc6c5c4)c3)cc(-c3ccccc3-c3ccncc3)n2)cc1. The lowest BCUT2D eigenvalue weighted by Crippen LogP contribution is -1.97. The Bertz CT molecular complexity index is 3120. The Kier molecular flexibility index (Phi) is 7.42. The highest BCUT2D eigenvalue weighted by atomic mass is 16.3. The topological polar surface area (TPSA) is 65.0 Å². The maximum absolute atomic E-state index is 6.22. The summed E-state index contributed by atoms with van der Waals surface area (Å²) in [4.78, 5) is 14.8. The maximum atomic E-state index is 6.22. The number of nitrogens with zero attached hydrogens (tertiary/aromatic N) is 3. The summed E-state index contributed by atoms with van der Waals surface area (Å²) in [6.45, 7) is 0. The van der Waals surface area contributed by atoms with Crippen LogP contribution in [0.2, 0.25) is 0 Å². The van der Waals surface area contributed by atoms with Crippen LogP contribution < -0.4 is 0 Å². The first-order valence-electron chi connectivity index (χ1n) is 18.6. The minimum atomic E-state index is 0.659. The van der Waals surface area contributed by atoms with E-state index in [0.29, 0.717) is 5.82 Å². The molecule has 0 saturated heterocycles. The summed E-state index contributed by atoms with van der Waals surface area (Å²) in [7, 11) is 0. The predicted octanol–water partition coefficient (Wildman–Crippen LogP) is 13.7. The molecule has 262 valence electrons. The number of hydrogen-bond acceptors (Lipinski definition) is 5. The van der Waals surface area contributed by atoms with Gasteiger partial charge in [0.1, 0.15) is 22.3 Å². The van der Waals surface area contributed by atoms with E-state index in [1.165, 1.54) is 0 Å². The Labute approximate surface area is 322 Å². The zero-order valence-electron chi connectivity index (χ0n) is 30.1. The third-order valence-electron chi connectivity index (χ3n) is 10.6. The first-order valence-corrected chi connectivity index (χ1v) is 18.6. The second kappa shape index (κ2) is 13.0. The molecule has 0 spiro atoms. The summed E-state index contributed by atoms with van der Waals surface area (Å²) in [5.74, 6) is 0.659. The summed E-state index contributed by atoms with van der Waals surface area (Å²) in [5, 5.41) is 4.36. The monoisotopic (exact) mass is 717 g/mol. The van der Waals surface area contributed by atoms with Crippen LogP contribution in [-0.2, 0) is 0 Å². The highest BCUT2D eigenvalue weighted by molar-refractivity contribution is 6.07. The van der Waals surface area contributed by atoms with Crippen LogP contribution in [0.4, 0.5) is 0 Å². The zero-order chi connectivity index (χ0) is 37.0. The van der Waals surface area contributed by atoms with Gasteiger partial charge >= 0.3 is 0 Å². The van der Waals surface area contributed by atoms with E-state index in [2.05, 4.69) is 126 Å². The fraction of sp³-hybridized carbons (Fsp3) is 0. The number of fused-ring (bicyclic) bond motifs is 6. The summed E-state index contributed by atoms with van der Waals surface area (Å²) >= 11 is 0. The molecule has 0 fully saturated rings. The van der Waals surface area contributed by atoms with Crippen LogP contribution in [0.3, 0.4) is 0 Å². The third-order valence-corrected chi connectivity index (χ3v) is 10.6. The summed E-state index contributed by atoms with van der Waals surface area (Å²) in [5.41, 5.74) is 14.6. The van der Waals surface area contributed by atoms with Crippen LogP contribution in [0.5, 0.6) is 0 Å². The average molecular weight is 718 g/mol. The van der Waals surface area contributed by atoms with Gasteiger partial charge in [-0.05, 0) is 106 Å². The van der Waals surface area contributed by atoms with Gasteiger partial charge in [0.25, 0.3) is 0 Å². The molecule has 11 rings (SSSR count). The third kappa shape index (κ3) is 5.53. The van der Waals surface area contributed by atoms with Crippen LogP contribution >= 0.6 is 0 Å². The first-order chi connectivity index (χ1) is 27.7. The lowest BCUT2D eigenvalue weighted by Gasteiger charge is -2.15. The van der Waals surface area contributed by atoms with Crippen LogP contribution in [0.15, 0.2) is 197 Å². The highest BCUT2D eigenvalue weighted by Crippen LogP contribution is 2.40. The molecule has 0 atom stereocenters. The van der Waals surface area contributed by atoms with Gasteiger partial charge in [0, 0.05) is 50.6 Å². The predicted molar refractivity (Wildman–Crippen MR) is 227 cm³/mol. The summed E-state index contributed by atoms with van der Waals surface area (Å²) in [6, 6.07) is 60.9. The number of para-hydroxylation sites is 2. The van der Waals surface area contributed by atoms with E-state index in [-0.39, 0.29) is 0 Å². The quantitative estimate of drug-likeness (QED) is 0.171. The van der Waals surface area contributed by atoms with Crippen molar-refractivity contribution in [2.24, 2.45) is 0 Å². The van der Waals surface area contributed by atoms with E-state index in [4.69, 9.17) is 18.8 Å². The van der Waals surface area contributed by atoms with Gasteiger partial charge in [0.2, 0.25) is 0 Å². The number of rotatable bonds is 6. The number of benzene rings is 7. The Morgan fingerprint density at radius 3 is 1.46 bits per heavy atom. The van der Waals surface area contributed by atoms with Gasteiger partial charge in [-0.3, -0.25) is 4.98 Å². The standard InChI is InChI=1S/C51H31N3O2/c1-2-10-33(11-3-1)51-53-45(31-46(54-51)40-13-5-4-12-39(40)32-22-24-52-25-23-32)38-27-36(34-18-20-49-43(29-34)41-14-6-8-16-47(41)55-49)26-37(28-38)35-19-21-50-44(30-35)42-15-7-9-17-48(42)56-50/h1-31H. The van der Waals surface area contributed by atoms with E-state index < -0.39 is 0 Å². The second-order valence-electron chi connectivity index (χ2n) is 14.0. The van der Waals surface area contributed by atoms with Crippen molar-refractivity contribution in [3.05, 3.63) is 188 Å². The molecule has 56 heavy (non-hydrogen) atoms. The lowest BCUT2D eigenvalue weighted by molar-refractivity contribution is 0.668. The molecule has 0 unspecified atom stereocenters. The summed E-state index contributed by atoms with van der Waals surface area (Å²) in [6.07, 6.45) is 3.65.